The molecule has 3 rings (SSSR count). The van der Waals surface area contributed by atoms with E-state index >= 15 is 0 Å². The molecule has 22 heteroatoms. The SMILES string of the molecule is CCCSC(OP(=O)(O)OP(=O)(O)OP(=O)(O)O)[C@H]1O[C@@H](n2cnc3c(N)ncnc32)[C@H](O)[C@@H]1O. The van der Waals surface area contributed by atoms with Crippen molar-refractivity contribution in [2.24, 2.45) is 0 Å². The van der Waals surface area contributed by atoms with Crippen LogP contribution in [0.3, 0.4) is 0 Å². The largest absolute Gasteiger partial charge is 0.490 e. The smallest absolute Gasteiger partial charge is 0.387 e. The van der Waals surface area contributed by atoms with E-state index in [2.05, 4.69) is 23.6 Å². The Morgan fingerprint density at radius 3 is 2.43 bits per heavy atom. The number of rotatable bonds is 11. The number of imidazole rings is 1. The molecule has 0 aliphatic carbocycles. The van der Waals surface area contributed by atoms with Crippen molar-refractivity contribution in [1.82, 2.24) is 19.5 Å². The number of fused-ring (bicyclic) bond motifs is 1. The number of aliphatic hydroxyl groups excluding tert-OH is 2. The Balaban J connectivity index is 1.84. The minimum Gasteiger partial charge on any atom is -0.387 e. The Hall–Kier alpha value is -1.01. The van der Waals surface area contributed by atoms with Crippen LogP contribution in [0.15, 0.2) is 12.7 Å². The summed E-state index contributed by atoms with van der Waals surface area (Å²) in [6.07, 6.45) is -3.29. The lowest BCUT2D eigenvalue weighted by Crippen LogP contribution is -2.38. The highest BCUT2D eigenvalue weighted by molar-refractivity contribution is 7.99. The molecule has 1 aliphatic rings. The summed E-state index contributed by atoms with van der Waals surface area (Å²) >= 11 is 0.829. The molecule has 3 unspecified atom stereocenters. The van der Waals surface area contributed by atoms with Gasteiger partial charge in [-0.3, -0.25) is 9.09 Å². The van der Waals surface area contributed by atoms with Gasteiger partial charge in [0, 0.05) is 0 Å². The van der Waals surface area contributed by atoms with Crippen LogP contribution in [0, 0.1) is 0 Å². The van der Waals surface area contributed by atoms with Crippen molar-refractivity contribution in [3.05, 3.63) is 12.7 Å². The maximum Gasteiger partial charge on any atom is 0.490 e. The second-order valence-corrected chi connectivity index (χ2v) is 12.6. The molecule has 1 aliphatic heterocycles. The number of phosphoric ester groups is 1. The van der Waals surface area contributed by atoms with Crippen molar-refractivity contribution >= 4 is 52.2 Å². The van der Waals surface area contributed by atoms with Crippen LogP contribution in [-0.2, 0) is 31.6 Å². The molecule has 2 aromatic heterocycles. The molecule has 0 spiro atoms. The third kappa shape index (κ3) is 7.06. The summed E-state index contributed by atoms with van der Waals surface area (Å²) < 4.78 is 54.1. The summed E-state index contributed by atoms with van der Waals surface area (Å²) in [5.41, 5.74) is 4.50. The van der Waals surface area contributed by atoms with E-state index < -0.39 is 53.4 Å². The van der Waals surface area contributed by atoms with Crippen LogP contribution in [0.1, 0.15) is 19.6 Å². The molecule has 0 bridgehead atoms. The van der Waals surface area contributed by atoms with Crippen LogP contribution in [0.4, 0.5) is 5.82 Å². The number of hydrogen-bond donors (Lipinski definition) is 7. The van der Waals surface area contributed by atoms with Crippen molar-refractivity contribution < 1.29 is 61.4 Å². The molecular formula is C13H22N5O13P3S. The van der Waals surface area contributed by atoms with Crippen molar-refractivity contribution in [2.45, 2.75) is 43.3 Å². The van der Waals surface area contributed by atoms with E-state index in [1.165, 1.54) is 10.9 Å². The predicted molar refractivity (Wildman–Crippen MR) is 117 cm³/mol. The zero-order valence-electron chi connectivity index (χ0n) is 17.6. The Morgan fingerprint density at radius 2 is 1.80 bits per heavy atom. The number of aromatic nitrogens is 4. The number of aliphatic hydroxyl groups is 2. The number of anilines is 1. The lowest BCUT2D eigenvalue weighted by atomic mass is 10.1. The van der Waals surface area contributed by atoms with E-state index in [-0.39, 0.29) is 22.7 Å². The second-order valence-electron chi connectivity index (χ2n) is 6.99. The van der Waals surface area contributed by atoms with E-state index in [0.29, 0.717) is 6.42 Å². The second kappa shape index (κ2) is 10.8. The normalized spacial score (nSPS) is 27.5. The van der Waals surface area contributed by atoms with Crippen LogP contribution in [0.2, 0.25) is 0 Å². The third-order valence-electron chi connectivity index (χ3n) is 4.34. The van der Waals surface area contributed by atoms with Gasteiger partial charge in [0.25, 0.3) is 0 Å². The van der Waals surface area contributed by atoms with Gasteiger partial charge in [-0.2, -0.15) is 8.62 Å². The van der Waals surface area contributed by atoms with Crippen LogP contribution in [0.5, 0.6) is 0 Å². The number of nitrogen functional groups attached to an aromatic ring is 1. The maximum absolute atomic E-state index is 12.3. The first-order valence-corrected chi connectivity index (χ1v) is 15.1. The molecule has 35 heavy (non-hydrogen) atoms. The standard InChI is InChI=1S/C13H22N5O13P3S/c1-2-3-35-13(29-33(24,25)31-34(26,27)30-32(21,22)23)9-7(19)8(20)12(28-9)18-5-17-6-10(14)15-4-16-11(6)18/h4-5,7-9,12-13,19-20H,2-3H2,1H3,(H,24,25)(H,26,27)(H2,14,15,16)(H2,21,22,23)/t7-,8+,9-,12+,13?/m0/s1. The average Bonchev–Trinajstić information content (AvgIpc) is 3.25. The molecule has 198 valence electrons. The number of ether oxygens (including phenoxy) is 1. The van der Waals surface area contributed by atoms with Gasteiger partial charge >= 0.3 is 23.5 Å². The number of nitrogens with two attached hydrogens (primary N) is 1. The van der Waals surface area contributed by atoms with E-state index in [9.17, 15) is 33.7 Å². The average molecular weight is 581 g/mol. The highest BCUT2D eigenvalue weighted by Crippen LogP contribution is 2.67. The fourth-order valence-electron chi connectivity index (χ4n) is 3.05. The molecule has 0 radical (unpaired) electrons. The third-order valence-corrected chi connectivity index (χ3v) is 9.64. The fraction of sp³-hybridized carbons (Fsp3) is 0.615. The Labute approximate surface area is 200 Å². The summed E-state index contributed by atoms with van der Waals surface area (Å²) in [7, 11) is -16.9. The predicted octanol–water partition coefficient (Wildman–Crippen LogP) is -0.160. The number of phosphoric acid groups is 3. The Morgan fingerprint density at radius 1 is 1.11 bits per heavy atom. The van der Waals surface area contributed by atoms with Crippen molar-refractivity contribution in [2.75, 3.05) is 11.5 Å². The van der Waals surface area contributed by atoms with Gasteiger partial charge in [0.15, 0.2) is 17.7 Å². The molecule has 0 saturated carbocycles. The number of hydrogen-bond acceptors (Lipinski definition) is 14. The number of nitrogens with zero attached hydrogens (tertiary/aromatic N) is 4. The van der Waals surface area contributed by atoms with Crippen LogP contribution in [-0.4, -0.2) is 78.8 Å². The summed E-state index contributed by atoms with van der Waals surface area (Å²) in [5, 5.41) is 21.2. The monoisotopic (exact) mass is 581 g/mol. The van der Waals surface area contributed by atoms with Crippen molar-refractivity contribution in [3.63, 3.8) is 0 Å². The van der Waals surface area contributed by atoms with E-state index in [1.807, 2.05) is 0 Å². The fourth-order valence-corrected chi connectivity index (χ4v) is 7.54. The van der Waals surface area contributed by atoms with Gasteiger partial charge in [-0.05, 0) is 12.2 Å². The molecule has 1 saturated heterocycles. The molecular weight excluding hydrogens is 559 g/mol. The molecule has 8 N–H and O–H groups in total. The first kappa shape index (κ1) is 28.6. The van der Waals surface area contributed by atoms with Crippen LogP contribution < -0.4 is 5.73 Å². The number of thioether (sulfide) groups is 1. The lowest BCUT2D eigenvalue weighted by molar-refractivity contribution is -0.0582. The first-order chi connectivity index (χ1) is 16.1. The molecule has 3 heterocycles. The Kier molecular flexibility index (Phi) is 8.79. The molecule has 7 atom stereocenters. The van der Waals surface area contributed by atoms with E-state index in [0.717, 1.165) is 18.1 Å². The van der Waals surface area contributed by atoms with Gasteiger partial charge in [-0.15, -0.1) is 11.8 Å². The zero-order chi connectivity index (χ0) is 26.2. The van der Waals surface area contributed by atoms with Gasteiger partial charge in [-0.1, -0.05) is 6.92 Å². The van der Waals surface area contributed by atoms with Gasteiger partial charge in [-0.25, -0.2) is 28.6 Å². The molecule has 1 fully saturated rings. The summed E-state index contributed by atoms with van der Waals surface area (Å²) in [6.45, 7) is 1.75. The van der Waals surface area contributed by atoms with Crippen molar-refractivity contribution in [3.8, 4) is 0 Å². The molecule has 0 amide bonds. The zero-order valence-corrected chi connectivity index (χ0v) is 21.1. The van der Waals surface area contributed by atoms with Gasteiger partial charge < -0.3 is 40.3 Å². The van der Waals surface area contributed by atoms with E-state index in [4.69, 9.17) is 24.8 Å². The van der Waals surface area contributed by atoms with Crippen molar-refractivity contribution in [1.29, 1.82) is 0 Å². The maximum atomic E-state index is 12.3. The quantitative estimate of drug-likeness (QED) is 0.134. The highest BCUT2D eigenvalue weighted by atomic mass is 32.2. The molecule has 18 nitrogen and oxygen atoms in total. The lowest BCUT2D eigenvalue weighted by Gasteiger charge is -2.27. The van der Waals surface area contributed by atoms with Gasteiger partial charge in [0.05, 0.1) is 6.33 Å². The first-order valence-electron chi connectivity index (χ1n) is 9.52. The summed E-state index contributed by atoms with van der Waals surface area (Å²) in [4.78, 5) is 48.4. The highest BCUT2D eigenvalue weighted by Gasteiger charge is 2.51. The van der Waals surface area contributed by atoms with Crippen LogP contribution in [0.25, 0.3) is 11.2 Å². The van der Waals surface area contributed by atoms with E-state index in [1.54, 1.807) is 6.92 Å². The van der Waals surface area contributed by atoms with Gasteiger partial charge in [0.2, 0.25) is 0 Å². The van der Waals surface area contributed by atoms with Gasteiger partial charge in [0.1, 0.15) is 35.6 Å². The summed E-state index contributed by atoms with van der Waals surface area (Å²) in [5.74, 6) is 0.313. The molecule has 0 aromatic carbocycles. The minimum absolute atomic E-state index is 0.0439. The minimum atomic E-state index is -5.76. The van der Waals surface area contributed by atoms with Crippen LogP contribution >= 0.6 is 35.2 Å². The molecule has 2 aromatic rings. The Bertz CT molecular complexity index is 1190. The topological polar surface area (TPSA) is 279 Å². The summed E-state index contributed by atoms with van der Waals surface area (Å²) in [6, 6.07) is 0.